The van der Waals surface area contributed by atoms with Gasteiger partial charge in [-0.15, -0.1) is 0 Å². The van der Waals surface area contributed by atoms with Crippen molar-refractivity contribution in [2.24, 2.45) is 0 Å². The molecule has 0 fully saturated rings. The minimum atomic E-state index is -0.279. The van der Waals surface area contributed by atoms with E-state index in [2.05, 4.69) is 0 Å². The van der Waals surface area contributed by atoms with Gasteiger partial charge in [0.1, 0.15) is 0 Å². The van der Waals surface area contributed by atoms with E-state index in [0.717, 1.165) is 16.7 Å². The molecule has 0 radical (unpaired) electrons. The Kier molecular flexibility index (Phi) is 4.35. The molecule has 25 heavy (non-hydrogen) atoms. The van der Waals surface area contributed by atoms with E-state index in [1.54, 1.807) is 33.5 Å². The summed E-state index contributed by atoms with van der Waals surface area (Å²) in [5.74, 6) is 1.42. The Bertz CT molecular complexity index is 854. The largest absolute Gasteiger partial charge is 0.504 e. The molecule has 6 heteroatoms. The van der Waals surface area contributed by atoms with Crippen molar-refractivity contribution in [3.63, 3.8) is 0 Å². The molecule has 6 nitrogen and oxygen atoms in total. The average Bonchev–Trinajstić information content (AvgIpc) is 3.05. The SMILES string of the molecule is COc1ccc(C2=Cc3cc(OC)c(OC)c(OC)c3C2)c(O)c1O. The molecule has 0 bridgehead atoms. The molecule has 2 aromatic rings. The van der Waals surface area contributed by atoms with Crippen molar-refractivity contribution in [1.82, 2.24) is 0 Å². The Morgan fingerprint density at radius 3 is 2.08 bits per heavy atom. The lowest BCUT2D eigenvalue weighted by Gasteiger charge is -2.16. The summed E-state index contributed by atoms with van der Waals surface area (Å²) in [6.07, 6.45) is 2.46. The van der Waals surface area contributed by atoms with Crippen LogP contribution in [0.2, 0.25) is 0 Å². The first-order valence-corrected chi connectivity index (χ1v) is 7.67. The molecule has 0 aromatic heterocycles. The third-order valence-corrected chi connectivity index (χ3v) is 4.34. The van der Waals surface area contributed by atoms with Crippen LogP contribution in [0.4, 0.5) is 0 Å². The van der Waals surface area contributed by atoms with E-state index in [4.69, 9.17) is 18.9 Å². The predicted molar refractivity (Wildman–Crippen MR) is 94.0 cm³/mol. The second-order valence-corrected chi connectivity index (χ2v) is 5.57. The molecule has 2 N–H and O–H groups in total. The number of allylic oxidation sites excluding steroid dienone is 1. The predicted octanol–water partition coefficient (Wildman–Crippen LogP) is 3.23. The van der Waals surface area contributed by atoms with Crippen molar-refractivity contribution in [1.29, 1.82) is 0 Å². The van der Waals surface area contributed by atoms with Crippen molar-refractivity contribution < 1.29 is 29.2 Å². The fraction of sp³-hybridized carbons (Fsp3) is 0.263. The fourth-order valence-electron chi connectivity index (χ4n) is 3.13. The first kappa shape index (κ1) is 16.8. The lowest BCUT2D eigenvalue weighted by atomic mass is 10.0. The number of hydrogen-bond acceptors (Lipinski definition) is 6. The van der Waals surface area contributed by atoms with Crippen LogP contribution in [0.5, 0.6) is 34.5 Å². The van der Waals surface area contributed by atoms with Gasteiger partial charge in [0, 0.05) is 17.5 Å². The van der Waals surface area contributed by atoms with E-state index < -0.39 is 0 Å². The van der Waals surface area contributed by atoms with Crippen LogP contribution in [0, 0.1) is 0 Å². The third-order valence-electron chi connectivity index (χ3n) is 4.34. The highest BCUT2D eigenvalue weighted by atomic mass is 16.5. The van der Waals surface area contributed by atoms with Gasteiger partial charge < -0.3 is 29.2 Å². The molecule has 132 valence electrons. The molecule has 0 saturated heterocycles. The van der Waals surface area contributed by atoms with Crippen molar-refractivity contribution in [3.8, 4) is 34.5 Å². The van der Waals surface area contributed by atoms with E-state index in [-0.39, 0.29) is 17.2 Å². The van der Waals surface area contributed by atoms with Crippen LogP contribution in [0.15, 0.2) is 18.2 Å². The molecule has 0 spiro atoms. The van der Waals surface area contributed by atoms with Gasteiger partial charge in [-0.05, 0) is 29.3 Å². The molecule has 2 aromatic carbocycles. The van der Waals surface area contributed by atoms with E-state index in [1.165, 1.54) is 7.11 Å². The zero-order valence-electron chi connectivity index (χ0n) is 14.5. The van der Waals surface area contributed by atoms with Crippen LogP contribution < -0.4 is 18.9 Å². The van der Waals surface area contributed by atoms with Crippen LogP contribution in [0.25, 0.3) is 11.6 Å². The Hall–Kier alpha value is -3.02. The number of methoxy groups -OCH3 is 4. The Morgan fingerprint density at radius 1 is 0.800 bits per heavy atom. The highest BCUT2D eigenvalue weighted by Crippen LogP contribution is 2.49. The molecule has 0 aliphatic heterocycles. The topological polar surface area (TPSA) is 77.4 Å². The summed E-state index contributed by atoms with van der Waals surface area (Å²) in [5, 5.41) is 20.4. The number of fused-ring (bicyclic) bond motifs is 1. The van der Waals surface area contributed by atoms with Gasteiger partial charge in [0.25, 0.3) is 0 Å². The summed E-state index contributed by atoms with van der Waals surface area (Å²) < 4.78 is 21.3. The summed E-state index contributed by atoms with van der Waals surface area (Å²) in [5.41, 5.74) is 3.23. The van der Waals surface area contributed by atoms with Gasteiger partial charge in [-0.1, -0.05) is 6.08 Å². The lowest BCUT2D eigenvalue weighted by molar-refractivity contribution is 0.322. The molecule has 3 rings (SSSR count). The van der Waals surface area contributed by atoms with Crippen LogP contribution in [-0.4, -0.2) is 38.7 Å². The standard InChI is InChI=1S/C19H20O6/c1-22-14-6-5-12(16(20)17(14)21)10-7-11-9-15(23-2)19(25-4)18(24-3)13(11)8-10/h5-7,9,20-21H,8H2,1-4H3. The zero-order chi connectivity index (χ0) is 18.1. The van der Waals surface area contributed by atoms with Gasteiger partial charge in [0.05, 0.1) is 28.4 Å². The Balaban J connectivity index is 2.10. The third kappa shape index (κ3) is 2.59. The minimum absolute atomic E-state index is 0.212. The van der Waals surface area contributed by atoms with Gasteiger partial charge in [0.2, 0.25) is 11.5 Å². The van der Waals surface area contributed by atoms with E-state index in [9.17, 15) is 10.2 Å². The smallest absolute Gasteiger partial charge is 0.203 e. The second kappa shape index (κ2) is 6.47. The number of hydrogen-bond donors (Lipinski definition) is 2. The summed E-state index contributed by atoms with van der Waals surface area (Å²) >= 11 is 0. The van der Waals surface area contributed by atoms with Crippen LogP contribution in [0.3, 0.4) is 0 Å². The lowest BCUT2D eigenvalue weighted by Crippen LogP contribution is -1.99. The molecule has 0 amide bonds. The first-order chi connectivity index (χ1) is 12.0. The molecular formula is C19H20O6. The van der Waals surface area contributed by atoms with Gasteiger partial charge in [-0.2, -0.15) is 0 Å². The number of aromatic hydroxyl groups is 2. The number of phenolic OH excluding ortho intramolecular Hbond substituents is 2. The number of ether oxygens (including phenoxy) is 4. The highest BCUT2D eigenvalue weighted by Gasteiger charge is 2.26. The summed E-state index contributed by atoms with van der Waals surface area (Å²) in [6, 6.07) is 5.20. The molecule has 0 atom stereocenters. The Morgan fingerprint density at radius 2 is 1.48 bits per heavy atom. The van der Waals surface area contributed by atoms with Gasteiger partial charge in [-0.3, -0.25) is 0 Å². The van der Waals surface area contributed by atoms with Crippen molar-refractivity contribution in [2.75, 3.05) is 28.4 Å². The van der Waals surface area contributed by atoms with Crippen molar-refractivity contribution >= 4 is 11.6 Å². The highest BCUT2D eigenvalue weighted by molar-refractivity contribution is 5.93. The molecule has 0 unspecified atom stereocenters. The van der Waals surface area contributed by atoms with Crippen molar-refractivity contribution in [3.05, 3.63) is 34.9 Å². The molecular weight excluding hydrogens is 324 g/mol. The zero-order valence-corrected chi connectivity index (χ0v) is 14.5. The van der Waals surface area contributed by atoms with E-state index in [1.807, 2.05) is 12.1 Å². The van der Waals surface area contributed by atoms with Gasteiger partial charge >= 0.3 is 0 Å². The van der Waals surface area contributed by atoms with E-state index >= 15 is 0 Å². The Labute approximate surface area is 145 Å². The van der Waals surface area contributed by atoms with Gasteiger partial charge in [-0.25, -0.2) is 0 Å². The molecule has 0 saturated carbocycles. The monoisotopic (exact) mass is 344 g/mol. The van der Waals surface area contributed by atoms with Crippen molar-refractivity contribution in [2.45, 2.75) is 6.42 Å². The average molecular weight is 344 g/mol. The normalized spacial score (nSPS) is 12.4. The minimum Gasteiger partial charge on any atom is -0.504 e. The first-order valence-electron chi connectivity index (χ1n) is 7.67. The van der Waals surface area contributed by atoms with E-state index in [0.29, 0.717) is 29.2 Å². The van der Waals surface area contributed by atoms with Gasteiger partial charge in [0.15, 0.2) is 23.0 Å². The van der Waals surface area contributed by atoms with Crippen LogP contribution in [-0.2, 0) is 6.42 Å². The second-order valence-electron chi connectivity index (χ2n) is 5.57. The van der Waals surface area contributed by atoms with Crippen LogP contribution >= 0.6 is 0 Å². The quantitative estimate of drug-likeness (QED) is 0.811. The summed E-state index contributed by atoms with van der Waals surface area (Å²) in [7, 11) is 6.13. The maximum atomic E-state index is 10.3. The van der Waals surface area contributed by atoms with Crippen LogP contribution in [0.1, 0.15) is 16.7 Å². The summed E-state index contributed by atoms with van der Waals surface area (Å²) in [6.45, 7) is 0. The number of phenols is 2. The summed E-state index contributed by atoms with van der Waals surface area (Å²) in [4.78, 5) is 0. The number of rotatable bonds is 5. The number of benzene rings is 2. The fourth-order valence-corrected chi connectivity index (χ4v) is 3.13. The molecule has 1 aliphatic rings. The molecule has 0 heterocycles. The maximum Gasteiger partial charge on any atom is 0.203 e. The molecule has 1 aliphatic carbocycles. The maximum absolute atomic E-state index is 10.3.